The first kappa shape index (κ1) is 14.6. The fourth-order valence-corrected chi connectivity index (χ4v) is 2.64. The number of carboxylic acid groups (broad SMARTS) is 1. The predicted octanol–water partition coefficient (Wildman–Crippen LogP) is 2.99. The fourth-order valence-electron chi connectivity index (χ4n) is 1.82. The molecule has 0 bridgehead atoms. The van der Waals surface area contributed by atoms with Crippen LogP contribution in [0.25, 0.3) is 0 Å². The molecule has 2 rings (SSSR count). The van der Waals surface area contributed by atoms with Gasteiger partial charge in [0.05, 0.1) is 5.56 Å². The van der Waals surface area contributed by atoms with Gasteiger partial charge in [0.2, 0.25) is 5.16 Å². The van der Waals surface area contributed by atoms with Crippen molar-refractivity contribution < 1.29 is 9.90 Å². The van der Waals surface area contributed by atoms with Gasteiger partial charge in [0, 0.05) is 12.2 Å². The molecule has 1 heterocycles. The number of hydrogen-bond acceptors (Lipinski definition) is 4. The summed E-state index contributed by atoms with van der Waals surface area (Å²) in [5.41, 5.74) is 1.11. The van der Waals surface area contributed by atoms with Crippen molar-refractivity contribution in [2.45, 2.75) is 31.2 Å². The van der Waals surface area contributed by atoms with Gasteiger partial charge in [0.1, 0.15) is 5.82 Å². The van der Waals surface area contributed by atoms with Gasteiger partial charge in [-0.25, -0.2) is 9.78 Å². The second kappa shape index (κ2) is 6.56. The summed E-state index contributed by atoms with van der Waals surface area (Å²) in [5, 5.41) is 16.8. The lowest BCUT2D eigenvalue weighted by Crippen LogP contribution is -2.01. The van der Waals surface area contributed by atoms with E-state index in [9.17, 15) is 4.79 Å². The van der Waals surface area contributed by atoms with Crippen molar-refractivity contribution in [3.63, 3.8) is 0 Å². The molecule has 6 heteroatoms. The van der Waals surface area contributed by atoms with E-state index in [1.165, 1.54) is 11.8 Å². The number of benzene rings is 1. The van der Waals surface area contributed by atoms with Crippen molar-refractivity contribution in [1.29, 1.82) is 0 Å². The van der Waals surface area contributed by atoms with E-state index >= 15 is 0 Å². The highest BCUT2D eigenvalue weighted by Gasteiger charge is 2.11. The lowest BCUT2D eigenvalue weighted by atomic mass is 10.1. The summed E-state index contributed by atoms with van der Waals surface area (Å²) in [5.74, 6) is 1.03. The number of carboxylic acids is 1. The lowest BCUT2D eigenvalue weighted by molar-refractivity contribution is 0.0696. The van der Waals surface area contributed by atoms with E-state index in [1.54, 1.807) is 12.1 Å². The molecule has 2 N–H and O–H groups in total. The summed E-state index contributed by atoms with van der Waals surface area (Å²) in [4.78, 5) is 15.5. The van der Waals surface area contributed by atoms with Crippen LogP contribution < -0.4 is 0 Å². The fraction of sp³-hybridized carbons (Fsp3) is 0.357. The average molecular weight is 291 g/mol. The van der Waals surface area contributed by atoms with E-state index in [4.69, 9.17) is 5.11 Å². The van der Waals surface area contributed by atoms with Gasteiger partial charge in [-0.1, -0.05) is 43.8 Å². The van der Waals surface area contributed by atoms with Crippen molar-refractivity contribution in [3.8, 4) is 0 Å². The van der Waals surface area contributed by atoms with Crippen LogP contribution in [0.1, 0.15) is 35.6 Å². The van der Waals surface area contributed by atoms with Crippen LogP contribution in [0.3, 0.4) is 0 Å². The molecular formula is C14H17N3O2S. The van der Waals surface area contributed by atoms with Crippen LogP contribution in [0.15, 0.2) is 29.4 Å². The number of aromatic amines is 1. The Kier molecular flexibility index (Phi) is 4.79. The quantitative estimate of drug-likeness (QED) is 0.800. The molecule has 1 aromatic heterocycles. The normalized spacial score (nSPS) is 10.9. The van der Waals surface area contributed by atoms with E-state index in [1.807, 2.05) is 12.1 Å². The Morgan fingerprint density at radius 2 is 2.15 bits per heavy atom. The van der Waals surface area contributed by atoms with Gasteiger partial charge in [0.25, 0.3) is 0 Å². The Morgan fingerprint density at radius 1 is 1.40 bits per heavy atom. The lowest BCUT2D eigenvalue weighted by Gasteiger charge is -2.03. The monoisotopic (exact) mass is 291 g/mol. The molecule has 0 aliphatic heterocycles. The van der Waals surface area contributed by atoms with Gasteiger partial charge in [-0.2, -0.15) is 0 Å². The third-order valence-corrected chi connectivity index (χ3v) is 3.61. The van der Waals surface area contributed by atoms with Gasteiger partial charge < -0.3 is 5.11 Å². The molecule has 0 spiro atoms. The summed E-state index contributed by atoms with van der Waals surface area (Å²) < 4.78 is 0. The van der Waals surface area contributed by atoms with E-state index in [0.29, 0.717) is 22.4 Å². The molecule has 0 saturated carbocycles. The van der Waals surface area contributed by atoms with Crippen LogP contribution >= 0.6 is 11.8 Å². The van der Waals surface area contributed by atoms with Crippen LogP contribution in [-0.2, 0) is 12.2 Å². The number of nitrogens with zero attached hydrogens (tertiary/aromatic N) is 2. The highest BCUT2D eigenvalue weighted by Crippen LogP contribution is 2.22. The molecule has 1 aromatic carbocycles. The summed E-state index contributed by atoms with van der Waals surface area (Å²) in [6.07, 6.45) is 0.860. The predicted molar refractivity (Wildman–Crippen MR) is 77.9 cm³/mol. The van der Waals surface area contributed by atoms with E-state index in [2.05, 4.69) is 29.0 Å². The highest BCUT2D eigenvalue weighted by molar-refractivity contribution is 7.98. The molecular weight excluding hydrogens is 274 g/mol. The minimum atomic E-state index is -0.906. The van der Waals surface area contributed by atoms with E-state index in [-0.39, 0.29) is 0 Å². The number of nitrogens with one attached hydrogen (secondary N) is 1. The van der Waals surface area contributed by atoms with Crippen molar-refractivity contribution in [2.75, 3.05) is 0 Å². The molecule has 0 aliphatic carbocycles. The summed E-state index contributed by atoms with van der Waals surface area (Å²) in [6.45, 7) is 4.25. The molecule has 106 valence electrons. The van der Waals surface area contributed by atoms with Crippen LogP contribution in [0, 0.1) is 5.92 Å². The zero-order chi connectivity index (χ0) is 14.5. The molecule has 2 aromatic rings. The minimum absolute atomic E-state index is 0.331. The highest BCUT2D eigenvalue weighted by atomic mass is 32.2. The van der Waals surface area contributed by atoms with E-state index in [0.717, 1.165) is 17.8 Å². The largest absolute Gasteiger partial charge is 0.478 e. The number of H-pyrrole nitrogens is 1. The van der Waals surface area contributed by atoms with Gasteiger partial charge in [0.15, 0.2) is 0 Å². The SMILES string of the molecule is CC(C)Cc1nc(SCc2ccccc2C(=O)O)n[nH]1. The third-order valence-electron chi connectivity index (χ3n) is 2.72. The second-order valence-corrected chi connectivity index (χ2v) is 5.86. The maximum atomic E-state index is 11.1. The first-order chi connectivity index (χ1) is 9.56. The first-order valence-electron chi connectivity index (χ1n) is 6.41. The number of hydrogen-bond donors (Lipinski definition) is 2. The van der Waals surface area contributed by atoms with Crippen LogP contribution in [-0.4, -0.2) is 26.3 Å². The zero-order valence-electron chi connectivity index (χ0n) is 11.5. The van der Waals surface area contributed by atoms with Crippen LogP contribution in [0.2, 0.25) is 0 Å². The Hall–Kier alpha value is -1.82. The third kappa shape index (κ3) is 3.84. The van der Waals surface area contributed by atoms with Crippen LogP contribution in [0.5, 0.6) is 0 Å². The van der Waals surface area contributed by atoms with E-state index < -0.39 is 5.97 Å². The zero-order valence-corrected chi connectivity index (χ0v) is 12.3. The number of carbonyl (C=O) groups is 1. The number of thioether (sulfide) groups is 1. The standard InChI is InChI=1S/C14H17N3O2S/c1-9(2)7-12-15-14(17-16-12)20-8-10-5-3-4-6-11(10)13(18)19/h3-6,9H,7-8H2,1-2H3,(H,18,19)(H,15,16,17). The molecule has 0 atom stereocenters. The molecule has 20 heavy (non-hydrogen) atoms. The van der Waals surface area contributed by atoms with Crippen molar-refractivity contribution in [3.05, 3.63) is 41.2 Å². The first-order valence-corrected chi connectivity index (χ1v) is 7.40. The maximum Gasteiger partial charge on any atom is 0.335 e. The van der Waals surface area contributed by atoms with Gasteiger partial charge in [-0.05, 0) is 17.5 Å². The maximum absolute atomic E-state index is 11.1. The molecule has 0 unspecified atom stereocenters. The number of aromatic nitrogens is 3. The summed E-state index contributed by atoms with van der Waals surface area (Å²) in [7, 11) is 0. The second-order valence-electron chi connectivity index (χ2n) is 4.91. The van der Waals surface area contributed by atoms with Crippen LogP contribution in [0.4, 0.5) is 0 Å². The Bertz CT molecular complexity index is 596. The van der Waals surface area contributed by atoms with Crippen molar-refractivity contribution in [1.82, 2.24) is 15.2 Å². The molecule has 0 radical (unpaired) electrons. The number of rotatable bonds is 6. The van der Waals surface area contributed by atoms with Gasteiger partial charge in [-0.3, -0.25) is 5.10 Å². The van der Waals surface area contributed by atoms with Gasteiger partial charge >= 0.3 is 5.97 Å². The Labute approximate surface area is 121 Å². The molecule has 5 nitrogen and oxygen atoms in total. The summed E-state index contributed by atoms with van der Waals surface area (Å²) in [6, 6.07) is 6.99. The molecule has 0 aliphatic rings. The summed E-state index contributed by atoms with van der Waals surface area (Å²) >= 11 is 1.44. The van der Waals surface area contributed by atoms with Gasteiger partial charge in [-0.15, -0.1) is 5.10 Å². The molecule has 0 amide bonds. The van der Waals surface area contributed by atoms with Crippen molar-refractivity contribution >= 4 is 17.7 Å². The Balaban J connectivity index is 2.02. The average Bonchev–Trinajstić information content (AvgIpc) is 2.83. The molecule has 0 fully saturated rings. The number of aromatic carboxylic acids is 1. The topological polar surface area (TPSA) is 78.9 Å². The smallest absolute Gasteiger partial charge is 0.335 e. The minimum Gasteiger partial charge on any atom is -0.478 e. The van der Waals surface area contributed by atoms with Crippen molar-refractivity contribution in [2.24, 2.45) is 5.92 Å². The Morgan fingerprint density at radius 3 is 2.85 bits per heavy atom. The molecule has 0 saturated heterocycles.